The first kappa shape index (κ1) is 22.4. The number of anilines is 1. The maximum absolute atomic E-state index is 12.6. The molecule has 2 aromatic heterocycles. The normalized spacial score (nSPS) is 12.1. The Morgan fingerprint density at radius 1 is 1.23 bits per heavy atom. The number of aromatic nitrogens is 4. The van der Waals surface area contributed by atoms with Gasteiger partial charge in [0, 0.05) is 23.2 Å². The van der Waals surface area contributed by atoms with Crippen molar-refractivity contribution in [1.82, 2.24) is 19.9 Å². The number of nitrogens with one attached hydrogen (secondary N) is 1. The van der Waals surface area contributed by atoms with Crippen molar-refractivity contribution in [3.05, 3.63) is 41.1 Å². The van der Waals surface area contributed by atoms with Gasteiger partial charge in [-0.2, -0.15) is 0 Å². The first-order valence-corrected chi connectivity index (χ1v) is 11.3. The number of amides is 1. The highest BCUT2D eigenvalue weighted by atomic mass is 35.5. The number of carbonyl (C=O) groups is 1. The van der Waals surface area contributed by atoms with Gasteiger partial charge in [-0.05, 0) is 44.5 Å². The zero-order valence-electron chi connectivity index (χ0n) is 17.4. The van der Waals surface area contributed by atoms with Crippen LogP contribution in [0.3, 0.4) is 0 Å². The van der Waals surface area contributed by atoms with Gasteiger partial charge in [-0.15, -0.1) is 10.2 Å². The van der Waals surface area contributed by atoms with Crippen LogP contribution in [0.25, 0.3) is 11.4 Å². The van der Waals surface area contributed by atoms with E-state index in [1.807, 2.05) is 31.2 Å². The Bertz CT molecular complexity index is 970. The Labute approximate surface area is 185 Å². The van der Waals surface area contributed by atoms with Crippen molar-refractivity contribution in [2.75, 3.05) is 5.32 Å². The zero-order chi connectivity index (χ0) is 21.5. The average Bonchev–Trinajstić information content (AvgIpc) is 3.32. The van der Waals surface area contributed by atoms with Gasteiger partial charge >= 0.3 is 0 Å². The summed E-state index contributed by atoms with van der Waals surface area (Å²) in [7, 11) is 0. The third-order valence-electron chi connectivity index (χ3n) is 4.59. The standard InChI is InChI=1S/C21H26ClN5O2S/c1-4-5-6-7-12-27-19(16-8-10-17(22)11-9-16)24-25-21(27)30-15(3)20(28)23-18-13-14(2)29-26-18/h8-11,13,15H,4-7,12H2,1-3H3,(H,23,26,28). The highest BCUT2D eigenvalue weighted by Crippen LogP contribution is 2.28. The van der Waals surface area contributed by atoms with Gasteiger partial charge in [0.05, 0.1) is 5.25 Å². The summed E-state index contributed by atoms with van der Waals surface area (Å²) >= 11 is 7.41. The molecule has 2 heterocycles. The van der Waals surface area contributed by atoms with E-state index in [1.54, 1.807) is 13.0 Å². The lowest BCUT2D eigenvalue weighted by Gasteiger charge is -2.13. The monoisotopic (exact) mass is 447 g/mol. The number of carbonyl (C=O) groups excluding carboxylic acids is 1. The SMILES string of the molecule is CCCCCCn1c(SC(C)C(=O)Nc2cc(C)on2)nnc1-c1ccc(Cl)cc1. The average molecular weight is 448 g/mol. The van der Waals surface area contributed by atoms with Gasteiger partial charge in [-0.3, -0.25) is 4.79 Å². The first-order valence-electron chi connectivity index (χ1n) is 10.1. The van der Waals surface area contributed by atoms with E-state index >= 15 is 0 Å². The molecule has 9 heteroatoms. The molecule has 0 aliphatic carbocycles. The second kappa shape index (κ2) is 10.6. The predicted molar refractivity (Wildman–Crippen MR) is 120 cm³/mol. The third-order valence-corrected chi connectivity index (χ3v) is 5.92. The molecule has 160 valence electrons. The minimum absolute atomic E-state index is 0.165. The summed E-state index contributed by atoms with van der Waals surface area (Å²) < 4.78 is 7.09. The number of unbranched alkanes of at least 4 members (excludes halogenated alkanes) is 3. The molecular weight excluding hydrogens is 422 g/mol. The van der Waals surface area contributed by atoms with Crippen LogP contribution in [-0.2, 0) is 11.3 Å². The summed E-state index contributed by atoms with van der Waals surface area (Å²) in [6, 6.07) is 9.24. The van der Waals surface area contributed by atoms with E-state index < -0.39 is 0 Å². The Morgan fingerprint density at radius 2 is 2.00 bits per heavy atom. The molecule has 0 bridgehead atoms. The number of hydrogen-bond donors (Lipinski definition) is 1. The molecule has 1 N–H and O–H groups in total. The van der Waals surface area contributed by atoms with Gasteiger partial charge in [-0.1, -0.05) is 54.7 Å². The second-order valence-electron chi connectivity index (χ2n) is 7.10. The van der Waals surface area contributed by atoms with Crippen molar-refractivity contribution in [3.63, 3.8) is 0 Å². The fourth-order valence-corrected chi connectivity index (χ4v) is 3.95. The highest BCUT2D eigenvalue weighted by molar-refractivity contribution is 8.00. The Hall–Kier alpha value is -2.32. The number of aryl methyl sites for hydroxylation is 1. The van der Waals surface area contributed by atoms with Crippen molar-refractivity contribution < 1.29 is 9.32 Å². The summed E-state index contributed by atoms with van der Waals surface area (Å²) in [5.74, 6) is 1.67. The minimum atomic E-state index is -0.376. The molecule has 30 heavy (non-hydrogen) atoms. The molecule has 0 aliphatic heterocycles. The van der Waals surface area contributed by atoms with Crippen LogP contribution in [0, 0.1) is 6.92 Å². The van der Waals surface area contributed by atoms with E-state index in [9.17, 15) is 4.79 Å². The quantitative estimate of drug-likeness (QED) is 0.322. The molecule has 1 atom stereocenters. The Kier molecular flexibility index (Phi) is 7.93. The van der Waals surface area contributed by atoms with E-state index in [0.29, 0.717) is 16.6 Å². The number of thioether (sulfide) groups is 1. The lowest BCUT2D eigenvalue weighted by Crippen LogP contribution is -2.23. The van der Waals surface area contributed by atoms with Crippen LogP contribution in [0.15, 0.2) is 40.0 Å². The topological polar surface area (TPSA) is 85.8 Å². The predicted octanol–water partition coefficient (Wildman–Crippen LogP) is 5.59. The Balaban J connectivity index is 1.76. The molecule has 3 rings (SSSR count). The van der Waals surface area contributed by atoms with E-state index in [-0.39, 0.29) is 11.2 Å². The van der Waals surface area contributed by atoms with Crippen LogP contribution in [0.2, 0.25) is 5.02 Å². The summed E-state index contributed by atoms with van der Waals surface area (Å²) in [4.78, 5) is 12.6. The van der Waals surface area contributed by atoms with E-state index in [1.165, 1.54) is 24.6 Å². The number of nitrogens with zero attached hydrogens (tertiary/aromatic N) is 4. The van der Waals surface area contributed by atoms with E-state index in [2.05, 4.69) is 32.2 Å². The summed E-state index contributed by atoms with van der Waals surface area (Å²) in [6.07, 6.45) is 4.53. The molecule has 1 aromatic carbocycles. The Morgan fingerprint density at radius 3 is 2.67 bits per heavy atom. The van der Waals surface area contributed by atoms with Crippen molar-refractivity contribution >= 4 is 35.1 Å². The van der Waals surface area contributed by atoms with E-state index in [4.69, 9.17) is 16.1 Å². The third kappa shape index (κ3) is 5.86. The van der Waals surface area contributed by atoms with Crippen molar-refractivity contribution in [2.45, 2.75) is 63.4 Å². The first-order chi connectivity index (χ1) is 14.5. The fraction of sp³-hybridized carbons (Fsp3) is 0.429. The van der Waals surface area contributed by atoms with Crippen LogP contribution in [-0.4, -0.2) is 31.1 Å². The summed E-state index contributed by atoms with van der Waals surface area (Å²) in [5.41, 5.74) is 0.949. The van der Waals surface area contributed by atoms with Gasteiger partial charge in [-0.25, -0.2) is 0 Å². The molecule has 3 aromatic rings. The number of halogens is 1. The van der Waals surface area contributed by atoms with Gasteiger partial charge < -0.3 is 14.4 Å². The molecule has 7 nitrogen and oxygen atoms in total. The molecule has 0 spiro atoms. The van der Waals surface area contributed by atoms with Gasteiger partial charge in [0.2, 0.25) is 5.91 Å². The highest BCUT2D eigenvalue weighted by Gasteiger charge is 2.21. The lowest BCUT2D eigenvalue weighted by molar-refractivity contribution is -0.115. The van der Waals surface area contributed by atoms with Crippen LogP contribution < -0.4 is 5.32 Å². The van der Waals surface area contributed by atoms with Crippen LogP contribution in [0.1, 0.15) is 45.3 Å². The van der Waals surface area contributed by atoms with Gasteiger partial charge in [0.25, 0.3) is 0 Å². The van der Waals surface area contributed by atoms with Crippen molar-refractivity contribution in [3.8, 4) is 11.4 Å². The maximum atomic E-state index is 12.6. The molecule has 0 radical (unpaired) electrons. The lowest BCUT2D eigenvalue weighted by atomic mass is 10.2. The summed E-state index contributed by atoms with van der Waals surface area (Å²) in [6.45, 7) is 6.60. The molecular formula is C21H26ClN5O2S. The number of benzene rings is 1. The van der Waals surface area contributed by atoms with Crippen molar-refractivity contribution in [2.24, 2.45) is 0 Å². The summed E-state index contributed by atoms with van der Waals surface area (Å²) in [5, 5.41) is 16.4. The fourth-order valence-electron chi connectivity index (χ4n) is 2.95. The second-order valence-corrected chi connectivity index (χ2v) is 8.84. The van der Waals surface area contributed by atoms with Gasteiger partial charge in [0.1, 0.15) is 5.76 Å². The largest absolute Gasteiger partial charge is 0.360 e. The number of rotatable bonds is 10. The van der Waals surface area contributed by atoms with Crippen LogP contribution in [0.4, 0.5) is 5.82 Å². The molecule has 1 amide bonds. The maximum Gasteiger partial charge on any atom is 0.238 e. The molecule has 1 unspecified atom stereocenters. The van der Waals surface area contributed by atoms with Crippen LogP contribution in [0.5, 0.6) is 0 Å². The molecule has 0 fully saturated rings. The van der Waals surface area contributed by atoms with Crippen molar-refractivity contribution in [1.29, 1.82) is 0 Å². The zero-order valence-corrected chi connectivity index (χ0v) is 19.0. The smallest absolute Gasteiger partial charge is 0.238 e. The van der Waals surface area contributed by atoms with Gasteiger partial charge in [0.15, 0.2) is 16.8 Å². The van der Waals surface area contributed by atoms with Crippen LogP contribution >= 0.6 is 23.4 Å². The molecule has 0 aliphatic rings. The number of hydrogen-bond acceptors (Lipinski definition) is 6. The minimum Gasteiger partial charge on any atom is -0.360 e. The molecule has 0 saturated heterocycles. The molecule has 0 saturated carbocycles. The van der Waals surface area contributed by atoms with E-state index in [0.717, 1.165) is 35.9 Å².